The van der Waals surface area contributed by atoms with Gasteiger partial charge in [0.05, 0.1) is 17.6 Å². The van der Waals surface area contributed by atoms with E-state index >= 15 is 0 Å². The third kappa shape index (κ3) is 5.50. The van der Waals surface area contributed by atoms with Crippen LogP contribution < -0.4 is 10.1 Å². The van der Waals surface area contributed by atoms with Gasteiger partial charge in [0.25, 0.3) is 0 Å². The highest BCUT2D eigenvalue weighted by molar-refractivity contribution is 5.86. The molecule has 0 spiro atoms. The Bertz CT molecular complexity index is 997. The first-order valence-corrected chi connectivity index (χ1v) is 10.5. The van der Waals surface area contributed by atoms with E-state index in [1.807, 2.05) is 30.3 Å². The Kier molecular flexibility index (Phi) is 6.93. The molecule has 0 unspecified atom stereocenters. The third-order valence-electron chi connectivity index (χ3n) is 5.08. The number of ether oxygens (including phenoxy) is 1. The maximum Gasteiger partial charge on any atom is 0.243 e. The van der Waals surface area contributed by atoms with E-state index in [4.69, 9.17) is 9.72 Å². The Balaban J connectivity index is 1.60. The molecule has 0 bridgehead atoms. The Morgan fingerprint density at radius 2 is 1.90 bits per heavy atom. The molecule has 3 aromatic rings. The van der Waals surface area contributed by atoms with Gasteiger partial charge < -0.3 is 14.6 Å². The van der Waals surface area contributed by atoms with E-state index in [0.717, 1.165) is 35.6 Å². The molecule has 1 aromatic heterocycles. The molecule has 0 fully saturated rings. The van der Waals surface area contributed by atoms with Crippen LogP contribution in [0.5, 0.6) is 5.75 Å². The first kappa shape index (κ1) is 21.6. The van der Waals surface area contributed by atoms with Crippen LogP contribution in [0.2, 0.25) is 0 Å². The van der Waals surface area contributed by atoms with Crippen LogP contribution in [0.15, 0.2) is 61.2 Å². The summed E-state index contributed by atoms with van der Waals surface area (Å²) in [5.74, 6) is 1.70. The number of aromatic nitrogens is 2. The number of fused-ring (bicyclic) bond motifs is 1. The van der Waals surface area contributed by atoms with Gasteiger partial charge in [-0.1, -0.05) is 51.6 Å². The second-order valence-corrected chi connectivity index (χ2v) is 8.39. The molecule has 0 aliphatic rings. The number of hydrogen-bond donors (Lipinski definition) is 1. The molecule has 5 heteroatoms. The average molecular weight is 406 g/mol. The molecular weight excluding hydrogens is 374 g/mol. The quantitative estimate of drug-likeness (QED) is 0.416. The van der Waals surface area contributed by atoms with E-state index in [0.29, 0.717) is 19.6 Å². The Labute approximate surface area is 178 Å². The number of aryl methyl sites for hydroxylation is 1. The van der Waals surface area contributed by atoms with Crippen LogP contribution in [0.4, 0.5) is 0 Å². The van der Waals surface area contributed by atoms with E-state index in [1.165, 1.54) is 11.6 Å². The van der Waals surface area contributed by atoms with Crippen molar-refractivity contribution in [3.05, 3.63) is 72.6 Å². The SMILES string of the molecule is C=CC(=O)NCCc1nc2ccccc2n1CCCOc1ccc(C(C)(C)C)cc1. The number of nitrogens with one attached hydrogen (secondary N) is 1. The van der Waals surface area contributed by atoms with E-state index in [2.05, 4.69) is 55.4 Å². The smallest absolute Gasteiger partial charge is 0.243 e. The highest BCUT2D eigenvalue weighted by Crippen LogP contribution is 2.24. The van der Waals surface area contributed by atoms with Gasteiger partial charge in [0, 0.05) is 19.5 Å². The largest absolute Gasteiger partial charge is 0.494 e. The summed E-state index contributed by atoms with van der Waals surface area (Å²) >= 11 is 0. The van der Waals surface area contributed by atoms with Crippen molar-refractivity contribution in [2.45, 2.75) is 45.6 Å². The number of hydrogen-bond acceptors (Lipinski definition) is 3. The third-order valence-corrected chi connectivity index (χ3v) is 5.08. The van der Waals surface area contributed by atoms with Gasteiger partial charge in [-0.2, -0.15) is 0 Å². The highest BCUT2D eigenvalue weighted by Gasteiger charge is 2.13. The first-order chi connectivity index (χ1) is 14.4. The minimum atomic E-state index is -0.163. The molecule has 158 valence electrons. The van der Waals surface area contributed by atoms with Gasteiger partial charge in [0.15, 0.2) is 0 Å². The van der Waals surface area contributed by atoms with Gasteiger partial charge in [-0.15, -0.1) is 0 Å². The number of rotatable bonds is 9. The summed E-state index contributed by atoms with van der Waals surface area (Å²) in [6, 6.07) is 16.5. The van der Waals surface area contributed by atoms with Crippen molar-refractivity contribution >= 4 is 16.9 Å². The van der Waals surface area contributed by atoms with Gasteiger partial charge in [-0.25, -0.2) is 4.98 Å². The van der Waals surface area contributed by atoms with Crippen molar-refractivity contribution in [2.75, 3.05) is 13.2 Å². The Morgan fingerprint density at radius 3 is 2.60 bits per heavy atom. The van der Waals surface area contributed by atoms with Crippen molar-refractivity contribution < 1.29 is 9.53 Å². The summed E-state index contributed by atoms with van der Waals surface area (Å²) in [5, 5.41) is 2.82. The molecule has 5 nitrogen and oxygen atoms in total. The predicted molar refractivity (Wildman–Crippen MR) is 122 cm³/mol. The molecule has 3 rings (SSSR count). The monoisotopic (exact) mass is 405 g/mol. The standard InChI is InChI=1S/C25H31N3O2/c1-5-24(29)26-16-15-23-27-21-9-6-7-10-22(21)28(23)17-8-18-30-20-13-11-19(12-14-20)25(2,3)4/h5-7,9-14H,1,8,15-18H2,2-4H3,(H,26,29). The normalized spacial score (nSPS) is 11.4. The average Bonchev–Trinajstić information content (AvgIpc) is 3.08. The molecule has 0 radical (unpaired) electrons. The van der Waals surface area contributed by atoms with Crippen LogP contribution in [0.25, 0.3) is 11.0 Å². The summed E-state index contributed by atoms with van der Waals surface area (Å²) < 4.78 is 8.17. The van der Waals surface area contributed by atoms with Crippen LogP contribution in [-0.4, -0.2) is 28.6 Å². The van der Waals surface area contributed by atoms with Crippen LogP contribution >= 0.6 is 0 Å². The van der Waals surface area contributed by atoms with Crippen molar-refractivity contribution in [3.63, 3.8) is 0 Å². The van der Waals surface area contributed by atoms with Crippen LogP contribution in [0.3, 0.4) is 0 Å². The minimum Gasteiger partial charge on any atom is -0.494 e. The van der Waals surface area contributed by atoms with Crippen molar-refractivity contribution in [3.8, 4) is 5.75 Å². The number of carbonyl (C=O) groups is 1. The number of amides is 1. The van der Waals surface area contributed by atoms with Crippen LogP contribution in [0.1, 0.15) is 38.6 Å². The maximum atomic E-state index is 11.4. The first-order valence-electron chi connectivity index (χ1n) is 10.5. The number of carbonyl (C=O) groups excluding carboxylic acids is 1. The summed E-state index contributed by atoms with van der Waals surface area (Å²) in [6.07, 6.45) is 2.82. The molecule has 1 N–H and O–H groups in total. The molecule has 1 heterocycles. The molecule has 30 heavy (non-hydrogen) atoms. The zero-order chi connectivity index (χ0) is 21.6. The zero-order valence-electron chi connectivity index (χ0n) is 18.1. The van der Waals surface area contributed by atoms with E-state index in [1.54, 1.807) is 0 Å². The lowest BCUT2D eigenvalue weighted by atomic mass is 9.87. The molecule has 0 aliphatic carbocycles. The van der Waals surface area contributed by atoms with Gasteiger partial charge in [-0.05, 0) is 47.7 Å². The van der Waals surface area contributed by atoms with Crippen molar-refractivity contribution in [1.29, 1.82) is 0 Å². The van der Waals surface area contributed by atoms with Crippen molar-refractivity contribution in [2.24, 2.45) is 0 Å². The summed E-state index contributed by atoms with van der Waals surface area (Å²) in [7, 11) is 0. The molecule has 0 saturated carbocycles. The topological polar surface area (TPSA) is 56.2 Å². The summed E-state index contributed by atoms with van der Waals surface area (Å²) in [4.78, 5) is 16.2. The van der Waals surface area contributed by atoms with Gasteiger partial charge >= 0.3 is 0 Å². The number of imidazole rings is 1. The lowest BCUT2D eigenvalue weighted by Gasteiger charge is -2.19. The number of nitrogens with zero attached hydrogens (tertiary/aromatic N) is 2. The molecule has 0 aliphatic heterocycles. The maximum absolute atomic E-state index is 11.4. The lowest BCUT2D eigenvalue weighted by Crippen LogP contribution is -2.24. The molecular formula is C25H31N3O2. The molecule has 0 saturated heterocycles. The van der Waals surface area contributed by atoms with E-state index < -0.39 is 0 Å². The summed E-state index contributed by atoms with van der Waals surface area (Å²) in [6.45, 7) is 12.1. The van der Waals surface area contributed by atoms with Gasteiger partial charge in [0.2, 0.25) is 5.91 Å². The minimum absolute atomic E-state index is 0.141. The van der Waals surface area contributed by atoms with E-state index in [9.17, 15) is 4.79 Å². The predicted octanol–water partition coefficient (Wildman–Crippen LogP) is 4.65. The van der Waals surface area contributed by atoms with Gasteiger partial charge in [-0.3, -0.25) is 4.79 Å². The summed E-state index contributed by atoms with van der Waals surface area (Å²) in [5.41, 5.74) is 3.52. The zero-order valence-corrected chi connectivity index (χ0v) is 18.1. The number of para-hydroxylation sites is 2. The Hall–Kier alpha value is -3.08. The van der Waals surface area contributed by atoms with Gasteiger partial charge in [0.1, 0.15) is 11.6 Å². The van der Waals surface area contributed by atoms with Crippen molar-refractivity contribution in [1.82, 2.24) is 14.9 Å². The highest BCUT2D eigenvalue weighted by atomic mass is 16.5. The molecule has 0 atom stereocenters. The molecule has 1 amide bonds. The molecule has 2 aromatic carbocycles. The lowest BCUT2D eigenvalue weighted by molar-refractivity contribution is -0.116. The van der Waals surface area contributed by atoms with Crippen LogP contribution in [0, 0.1) is 0 Å². The second kappa shape index (κ2) is 9.61. The second-order valence-electron chi connectivity index (χ2n) is 8.39. The number of benzene rings is 2. The Morgan fingerprint density at radius 1 is 1.17 bits per heavy atom. The fraction of sp³-hybridized carbons (Fsp3) is 0.360. The fourth-order valence-electron chi connectivity index (χ4n) is 3.40. The van der Waals surface area contributed by atoms with E-state index in [-0.39, 0.29) is 11.3 Å². The fourth-order valence-corrected chi connectivity index (χ4v) is 3.40. The van der Waals surface area contributed by atoms with Crippen LogP contribution in [-0.2, 0) is 23.2 Å².